The van der Waals surface area contributed by atoms with Gasteiger partial charge in [0.1, 0.15) is 17.3 Å². The number of rotatable bonds is 1. The molecule has 28 heavy (non-hydrogen) atoms. The highest BCUT2D eigenvalue weighted by Gasteiger charge is 2.78. The van der Waals surface area contributed by atoms with Crippen LogP contribution in [-0.2, 0) is 14.3 Å². The SMILES string of the molecule is C=C1[C@H]2[C@@H](O)[C@H](O)[C@H]3[C@]4(C)CCCC(C)(C)[C@H]4CC(=O)[C@]3([C@@H]1OC(C)=O)[C@H]2O. The molecule has 9 atom stereocenters. The average molecular weight is 392 g/mol. The first-order chi connectivity index (χ1) is 12.9. The monoisotopic (exact) mass is 392 g/mol. The normalized spacial score (nSPS) is 52.0. The van der Waals surface area contributed by atoms with Gasteiger partial charge in [-0.1, -0.05) is 33.8 Å². The van der Waals surface area contributed by atoms with Crippen LogP contribution >= 0.6 is 0 Å². The number of hydrogen-bond donors (Lipinski definition) is 3. The number of esters is 1. The first-order valence-corrected chi connectivity index (χ1v) is 10.3. The van der Waals surface area contributed by atoms with Gasteiger partial charge < -0.3 is 20.1 Å². The second-order valence-corrected chi connectivity index (χ2v) is 10.5. The number of hydrogen-bond acceptors (Lipinski definition) is 6. The maximum atomic E-state index is 13.7. The van der Waals surface area contributed by atoms with Crippen molar-refractivity contribution in [1.29, 1.82) is 0 Å². The fourth-order valence-corrected chi connectivity index (χ4v) is 7.75. The summed E-state index contributed by atoms with van der Waals surface area (Å²) in [5.74, 6) is -2.29. The van der Waals surface area contributed by atoms with Gasteiger partial charge in [-0.25, -0.2) is 0 Å². The van der Waals surface area contributed by atoms with Crippen molar-refractivity contribution >= 4 is 11.8 Å². The molecule has 4 aliphatic carbocycles. The lowest BCUT2D eigenvalue weighted by molar-refractivity contribution is -0.248. The van der Waals surface area contributed by atoms with E-state index in [-0.39, 0.29) is 23.5 Å². The molecular formula is C22H32O6. The van der Waals surface area contributed by atoms with Crippen molar-refractivity contribution in [3.8, 4) is 0 Å². The molecule has 4 aliphatic rings. The molecule has 0 radical (unpaired) electrons. The first-order valence-electron chi connectivity index (χ1n) is 10.3. The van der Waals surface area contributed by atoms with Gasteiger partial charge in [0.2, 0.25) is 0 Å². The Morgan fingerprint density at radius 3 is 2.39 bits per heavy atom. The molecule has 3 N–H and O–H groups in total. The summed E-state index contributed by atoms with van der Waals surface area (Å²) in [5.41, 5.74) is -1.67. The van der Waals surface area contributed by atoms with Crippen molar-refractivity contribution in [2.45, 2.75) is 77.8 Å². The zero-order valence-corrected chi connectivity index (χ0v) is 17.1. The Hall–Kier alpha value is -1.24. The Balaban J connectivity index is 1.95. The van der Waals surface area contributed by atoms with Crippen LogP contribution in [0, 0.1) is 34.0 Å². The molecule has 0 unspecified atom stereocenters. The topological polar surface area (TPSA) is 104 Å². The van der Waals surface area contributed by atoms with E-state index in [0.29, 0.717) is 5.57 Å². The summed E-state index contributed by atoms with van der Waals surface area (Å²) in [7, 11) is 0. The van der Waals surface area contributed by atoms with Gasteiger partial charge in [-0.3, -0.25) is 9.59 Å². The minimum Gasteiger partial charge on any atom is -0.457 e. The van der Waals surface area contributed by atoms with Gasteiger partial charge in [-0.05, 0) is 35.2 Å². The second kappa shape index (κ2) is 5.89. The number of fused-ring (bicyclic) bond motifs is 3. The lowest BCUT2D eigenvalue weighted by Crippen LogP contribution is -2.72. The van der Waals surface area contributed by atoms with E-state index in [2.05, 4.69) is 27.4 Å². The van der Waals surface area contributed by atoms with Gasteiger partial charge in [-0.2, -0.15) is 0 Å². The lowest BCUT2D eigenvalue weighted by atomic mass is 9.39. The van der Waals surface area contributed by atoms with E-state index in [1.807, 2.05) is 0 Å². The van der Waals surface area contributed by atoms with E-state index < -0.39 is 53.1 Å². The zero-order valence-electron chi connectivity index (χ0n) is 17.1. The summed E-state index contributed by atoms with van der Waals surface area (Å²) in [6.45, 7) is 11.6. The molecule has 0 amide bonds. The Kier molecular flexibility index (Phi) is 4.22. The van der Waals surface area contributed by atoms with E-state index >= 15 is 0 Å². The van der Waals surface area contributed by atoms with E-state index in [4.69, 9.17) is 4.74 Å². The lowest BCUT2D eigenvalue weighted by Gasteiger charge is -2.65. The second-order valence-electron chi connectivity index (χ2n) is 10.5. The fraction of sp³-hybridized carbons (Fsp3) is 0.818. The quantitative estimate of drug-likeness (QED) is 0.463. The predicted molar refractivity (Wildman–Crippen MR) is 101 cm³/mol. The van der Waals surface area contributed by atoms with Crippen molar-refractivity contribution in [2.75, 3.05) is 0 Å². The number of carbonyl (C=O) groups is 2. The minimum atomic E-state index is -1.44. The van der Waals surface area contributed by atoms with Crippen LogP contribution in [0.3, 0.4) is 0 Å². The smallest absolute Gasteiger partial charge is 0.303 e. The summed E-state index contributed by atoms with van der Waals surface area (Å²) in [6.07, 6.45) is -1.66. The molecule has 4 rings (SSSR count). The largest absolute Gasteiger partial charge is 0.457 e. The maximum absolute atomic E-state index is 13.7. The summed E-state index contributed by atoms with van der Waals surface area (Å²) < 4.78 is 5.57. The summed E-state index contributed by atoms with van der Waals surface area (Å²) in [6, 6.07) is 0. The molecule has 0 saturated heterocycles. The van der Waals surface area contributed by atoms with Crippen molar-refractivity contribution in [3.63, 3.8) is 0 Å². The van der Waals surface area contributed by atoms with E-state index in [0.717, 1.165) is 19.3 Å². The van der Waals surface area contributed by atoms with Crippen LogP contribution in [0.15, 0.2) is 12.2 Å². The highest BCUT2D eigenvalue weighted by molar-refractivity contribution is 5.90. The molecular weight excluding hydrogens is 360 g/mol. The van der Waals surface area contributed by atoms with Crippen molar-refractivity contribution in [1.82, 2.24) is 0 Å². The number of aliphatic hydroxyl groups excluding tert-OH is 3. The minimum absolute atomic E-state index is 0.0225. The van der Waals surface area contributed by atoms with Crippen LogP contribution in [0.5, 0.6) is 0 Å². The Morgan fingerprint density at radius 2 is 1.79 bits per heavy atom. The molecule has 0 heterocycles. The van der Waals surface area contributed by atoms with E-state index in [9.17, 15) is 24.9 Å². The number of Topliss-reactive ketones (excluding diaryl/α,β-unsaturated/α-hetero) is 1. The number of ketones is 1. The fourth-order valence-electron chi connectivity index (χ4n) is 7.75. The third kappa shape index (κ3) is 2.14. The van der Waals surface area contributed by atoms with Gasteiger partial charge in [0.05, 0.1) is 18.3 Å². The molecule has 4 fully saturated rings. The van der Waals surface area contributed by atoms with E-state index in [1.54, 1.807) is 0 Å². The zero-order chi connectivity index (χ0) is 20.8. The highest BCUT2D eigenvalue weighted by Crippen LogP contribution is 2.71. The molecule has 0 aromatic heterocycles. The third-order valence-corrected chi connectivity index (χ3v) is 8.75. The molecule has 6 nitrogen and oxygen atoms in total. The number of carbonyl (C=O) groups excluding carboxylic acids is 2. The third-order valence-electron chi connectivity index (χ3n) is 8.75. The Morgan fingerprint density at radius 1 is 1.14 bits per heavy atom. The summed E-state index contributed by atoms with van der Waals surface area (Å²) in [5, 5.41) is 33.4. The standard InChI is InChI=1S/C22H32O6/c1-10-14-15(25)16(26)17-21(5)8-6-7-20(3,4)12(21)9-13(24)22(17,18(14)27)19(10)28-11(2)23/h12,14-19,25-27H,1,6-9H2,2-5H3/t12-,14+,15-,16+,17+,18+,19-,21-,22-/m1/s1. The first kappa shape index (κ1) is 20.0. The molecule has 156 valence electrons. The van der Waals surface area contributed by atoms with Crippen LogP contribution in [0.25, 0.3) is 0 Å². The van der Waals surface area contributed by atoms with Gasteiger partial charge in [0.15, 0.2) is 0 Å². The van der Waals surface area contributed by atoms with Crippen LogP contribution in [-0.4, -0.2) is 51.5 Å². The Bertz CT molecular complexity index is 743. The highest BCUT2D eigenvalue weighted by atomic mass is 16.5. The predicted octanol–water partition coefficient (Wildman–Crippen LogP) is 1.61. The van der Waals surface area contributed by atoms with Crippen LogP contribution < -0.4 is 0 Å². The van der Waals surface area contributed by atoms with E-state index in [1.165, 1.54) is 6.92 Å². The van der Waals surface area contributed by atoms with Crippen LogP contribution in [0.1, 0.15) is 53.4 Å². The van der Waals surface area contributed by atoms with Gasteiger partial charge >= 0.3 is 5.97 Å². The summed E-state index contributed by atoms with van der Waals surface area (Å²) >= 11 is 0. The molecule has 6 heteroatoms. The van der Waals surface area contributed by atoms with Gasteiger partial charge in [0.25, 0.3) is 0 Å². The molecule has 2 bridgehead atoms. The van der Waals surface area contributed by atoms with Crippen molar-refractivity contribution in [3.05, 3.63) is 12.2 Å². The maximum Gasteiger partial charge on any atom is 0.303 e. The average Bonchev–Trinajstić information content (AvgIpc) is 2.73. The summed E-state index contributed by atoms with van der Waals surface area (Å²) in [4.78, 5) is 25.6. The molecule has 4 saturated carbocycles. The van der Waals surface area contributed by atoms with Gasteiger partial charge in [0, 0.05) is 25.2 Å². The molecule has 0 aliphatic heterocycles. The molecule has 0 aromatic rings. The number of aliphatic hydroxyl groups is 3. The van der Waals surface area contributed by atoms with Crippen LogP contribution in [0.4, 0.5) is 0 Å². The van der Waals surface area contributed by atoms with Gasteiger partial charge in [-0.15, -0.1) is 0 Å². The van der Waals surface area contributed by atoms with Crippen molar-refractivity contribution < 1.29 is 29.6 Å². The Labute approximate surface area is 166 Å². The number of ether oxygens (including phenoxy) is 1. The van der Waals surface area contributed by atoms with Crippen molar-refractivity contribution in [2.24, 2.45) is 34.0 Å². The molecule has 1 spiro atoms. The molecule has 0 aromatic carbocycles. The van der Waals surface area contributed by atoms with Crippen LogP contribution in [0.2, 0.25) is 0 Å².